The first-order chi connectivity index (χ1) is 39.4. The molecule has 0 aliphatic carbocycles. The lowest BCUT2D eigenvalue weighted by Crippen LogP contribution is -2.54. The summed E-state index contributed by atoms with van der Waals surface area (Å²) in [5.41, 5.74) is 0.909. The quantitative estimate of drug-likeness (QED) is 0.0259. The number of fused-ring (bicyclic) bond motifs is 3. The van der Waals surface area contributed by atoms with Crippen LogP contribution in [0.3, 0.4) is 0 Å². The van der Waals surface area contributed by atoms with Gasteiger partial charge < -0.3 is 43.7 Å². The van der Waals surface area contributed by atoms with Crippen molar-refractivity contribution in [2.75, 3.05) is 68.9 Å². The van der Waals surface area contributed by atoms with Crippen LogP contribution in [0.25, 0.3) is 0 Å². The molecule has 2 N–H and O–H groups in total. The highest BCUT2D eigenvalue weighted by molar-refractivity contribution is 6.24. The number of imide groups is 1. The number of rotatable bonds is 15. The van der Waals surface area contributed by atoms with Gasteiger partial charge in [0.1, 0.15) is 36.5 Å². The van der Waals surface area contributed by atoms with Gasteiger partial charge in [0.15, 0.2) is 5.92 Å². The van der Waals surface area contributed by atoms with Crippen LogP contribution in [0, 0.1) is 33.8 Å². The zero-order valence-electron chi connectivity index (χ0n) is 44.0. The Morgan fingerprint density at radius 2 is 1.47 bits per heavy atom. The first-order valence-corrected chi connectivity index (χ1v) is 26.1. The fraction of sp³-hybridized carbons (Fsp3) is 0.279. The molecule has 0 aromatic heterocycles. The molecule has 6 atom stereocenters. The van der Waals surface area contributed by atoms with Gasteiger partial charge in [0, 0.05) is 48.6 Å². The highest BCUT2D eigenvalue weighted by atomic mass is 16.6. The molecule has 3 fully saturated rings. The van der Waals surface area contributed by atoms with Gasteiger partial charge in [-0.1, -0.05) is 84.6 Å². The minimum atomic E-state index is -2.30. The van der Waals surface area contributed by atoms with E-state index in [1.165, 1.54) is 36.4 Å². The zero-order chi connectivity index (χ0) is 56.8. The molecule has 0 radical (unpaired) electrons. The zero-order valence-corrected chi connectivity index (χ0v) is 44.0. The Bertz CT molecular complexity index is 3400. The first kappa shape index (κ1) is 54.9. The summed E-state index contributed by atoms with van der Waals surface area (Å²) in [6, 6.07) is 38.1. The number of nitrogens with one attached hydrogen (secondary N) is 1. The third kappa shape index (κ3) is 10.6. The Morgan fingerprint density at radius 3 is 2.12 bits per heavy atom. The number of ether oxygens (including phenoxy) is 6. The summed E-state index contributed by atoms with van der Waals surface area (Å²) < 4.78 is 33.8. The van der Waals surface area contributed by atoms with Gasteiger partial charge in [-0.05, 0) is 94.5 Å². The average Bonchev–Trinajstić information content (AvgIpc) is 2.46. The maximum atomic E-state index is 16.8. The lowest BCUT2D eigenvalue weighted by atomic mass is 9.65. The van der Waals surface area contributed by atoms with Crippen LogP contribution in [0.2, 0.25) is 0 Å². The Labute approximate surface area is 465 Å². The second-order valence-corrected chi connectivity index (χ2v) is 19.5. The number of esters is 3. The van der Waals surface area contributed by atoms with Crippen molar-refractivity contribution in [3.8, 4) is 17.6 Å². The number of amides is 3. The SMILES string of the molecule is COC(=O)C(CC#Cc1ccc2c(c1)C1(C(=O)N2C(=O)OCc2ccc([N+](=O)[O-])cc2)C(C(=O)Nc2ccc(N3CCOCC3)cc2)C2C(=O)OC(c3ccccc3)C(c3ccccc3)N2C1c1cccc(OCCO)c1)C(=O)OC. The number of aliphatic hydroxyl groups is 1. The topological polar surface area (TPSA) is 243 Å². The average molecular weight is 1100 g/mol. The van der Waals surface area contributed by atoms with E-state index < -0.39 is 88.8 Å². The third-order valence-corrected chi connectivity index (χ3v) is 15.0. The van der Waals surface area contributed by atoms with Crippen molar-refractivity contribution in [1.82, 2.24) is 4.90 Å². The molecule has 0 saturated carbocycles. The normalized spacial score (nSPS) is 21.0. The third-order valence-electron chi connectivity index (χ3n) is 15.0. The molecule has 3 amide bonds. The van der Waals surface area contributed by atoms with E-state index in [2.05, 4.69) is 22.1 Å². The highest BCUT2D eigenvalue weighted by Gasteiger charge is 2.76. The monoisotopic (exact) mass is 1100 g/mol. The van der Waals surface area contributed by atoms with Gasteiger partial charge in [0.2, 0.25) is 11.8 Å². The molecule has 414 valence electrons. The molecule has 0 bridgehead atoms. The predicted octanol–water partition coefficient (Wildman–Crippen LogP) is 7.15. The van der Waals surface area contributed by atoms with Crippen LogP contribution in [-0.2, 0) is 59.7 Å². The number of carbonyl (C=O) groups is 6. The molecule has 4 heterocycles. The number of cyclic esters (lactones) is 1. The minimum Gasteiger partial charge on any atom is -0.491 e. The molecule has 6 aromatic carbocycles. The second-order valence-electron chi connectivity index (χ2n) is 19.5. The smallest absolute Gasteiger partial charge is 0.421 e. The van der Waals surface area contributed by atoms with Crippen LogP contribution in [0.4, 0.5) is 27.5 Å². The number of carbonyl (C=O) groups excluding carboxylic acids is 6. The van der Waals surface area contributed by atoms with Crippen molar-refractivity contribution >= 4 is 58.6 Å². The van der Waals surface area contributed by atoms with Crippen molar-refractivity contribution in [3.63, 3.8) is 0 Å². The molecule has 3 saturated heterocycles. The fourth-order valence-electron chi connectivity index (χ4n) is 11.4. The van der Waals surface area contributed by atoms with E-state index in [-0.39, 0.29) is 47.9 Å². The van der Waals surface area contributed by atoms with Crippen LogP contribution in [0.15, 0.2) is 152 Å². The number of benzene rings is 6. The standard InChI is InChI=1S/C61H55N5O15/c1-76-56(69)47(57(70)77-2)18-9-11-38-21-28-49-48(35-38)61(59(72)64(49)60(73)80-37-39-19-24-45(25-20-39)66(74)75)50(55(68)62-43-22-26-44(27-23-43)63-29-32-78-33-30-63)52-58(71)81-53(41-14-7-4-8-15-41)51(40-12-5-3-6-13-40)65(52)54(61)42-16-10-17-46(36-42)79-34-31-67/h3-8,10,12-17,19-28,35-36,47,50-54,67H,18,29-34,37H2,1-2H3,(H,62,68). The van der Waals surface area contributed by atoms with Crippen molar-refractivity contribution in [1.29, 1.82) is 0 Å². The Morgan fingerprint density at radius 1 is 0.802 bits per heavy atom. The Kier molecular flexibility index (Phi) is 16.2. The summed E-state index contributed by atoms with van der Waals surface area (Å²) in [6.45, 7) is 1.48. The van der Waals surface area contributed by atoms with Crippen LogP contribution in [0.1, 0.15) is 58.0 Å². The highest BCUT2D eigenvalue weighted by Crippen LogP contribution is 2.66. The van der Waals surface area contributed by atoms with E-state index in [0.717, 1.165) is 24.8 Å². The lowest BCUT2D eigenvalue weighted by Gasteiger charge is -2.46. The number of hydrogen-bond acceptors (Lipinski definition) is 17. The van der Waals surface area contributed by atoms with E-state index in [1.807, 2.05) is 65.6 Å². The number of anilines is 3. The number of nitro groups is 1. The predicted molar refractivity (Wildman–Crippen MR) is 291 cm³/mol. The molecule has 20 nitrogen and oxygen atoms in total. The summed E-state index contributed by atoms with van der Waals surface area (Å²) in [6.07, 6.45) is -2.57. The Balaban J connectivity index is 1.22. The van der Waals surface area contributed by atoms with Crippen molar-refractivity contribution < 1.29 is 67.2 Å². The van der Waals surface area contributed by atoms with Crippen molar-refractivity contribution in [2.45, 2.75) is 42.7 Å². The Hall–Kier alpha value is -9.42. The van der Waals surface area contributed by atoms with Gasteiger partial charge in [0.05, 0.1) is 62.7 Å². The van der Waals surface area contributed by atoms with Crippen molar-refractivity contribution in [2.24, 2.45) is 11.8 Å². The molecule has 81 heavy (non-hydrogen) atoms. The number of non-ortho nitro benzene ring substituents is 1. The number of methoxy groups -OCH3 is 2. The maximum absolute atomic E-state index is 16.8. The van der Waals surface area contributed by atoms with E-state index >= 15 is 19.2 Å². The maximum Gasteiger partial charge on any atom is 0.421 e. The molecule has 10 rings (SSSR count). The summed E-state index contributed by atoms with van der Waals surface area (Å²) >= 11 is 0. The summed E-state index contributed by atoms with van der Waals surface area (Å²) in [7, 11) is 2.25. The van der Waals surface area contributed by atoms with Crippen LogP contribution in [0.5, 0.6) is 5.75 Å². The van der Waals surface area contributed by atoms with Gasteiger partial charge in [-0.2, -0.15) is 0 Å². The van der Waals surface area contributed by atoms with Gasteiger partial charge in [-0.15, -0.1) is 0 Å². The number of nitrogens with zero attached hydrogens (tertiary/aromatic N) is 4. The van der Waals surface area contributed by atoms with Crippen molar-refractivity contribution in [3.05, 3.63) is 195 Å². The van der Waals surface area contributed by atoms with Gasteiger partial charge in [-0.3, -0.25) is 39.0 Å². The molecular weight excluding hydrogens is 1040 g/mol. The summed E-state index contributed by atoms with van der Waals surface area (Å²) in [4.78, 5) is 105. The van der Waals surface area contributed by atoms with E-state index in [1.54, 1.807) is 54.6 Å². The van der Waals surface area contributed by atoms with Crippen LogP contribution < -0.4 is 19.9 Å². The van der Waals surface area contributed by atoms with Gasteiger partial charge >= 0.3 is 24.0 Å². The minimum absolute atomic E-state index is 0.0318. The molecule has 20 heteroatoms. The largest absolute Gasteiger partial charge is 0.491 e. The van der Waals surface area contributed by atoms with Gasteiger partial charge in [0.25, 0.3) is 5.69 Å². The van der Waals surface area contributed by atoms with E-state index in [4.69, 9.17) is 28.4 Å². The lowest BCUT2D eigenvalue weighted by molar-refractivity contribution is -0.384. The number of aliphatic hydroxyl groups excluding tert-OH is 1. The molecule has 4 aliphatic rings. The van der Waals surface area contributed by atoms with Crippen LogP contribution in [-0.4, -0.2) is 111 Å². The summed E-state index contributed by atoms with van der Waals surface area (Å²) in [5.74, 6) is -1.39. The molecular formula is C61H55N5O15. The van der Waals surface area contributed by atoms with Gasteiger partial charge in [-0.25, -0.2) is 9.69 Å². The summed E-state index contributed by atoms with van der Waals surface area (Å²) in [5, 5.41) is 24.5. The van der Waals surface area contributed by atoms with E-state index in [0.29, 0.717) is 54.2 Å². The molecule has 6 unspecified atom stereocenters. The second kappa shape index (κ2) is 23.9. The number of hydrogen-bond donors (Lipinski definition) is 2. The first-order valence-electron chi connectivity index (χ1n) is 26.1. The molecule has 6 aromatic rings. The number of nitro benzene ring substituents is 1. The molecule has 4 aliphatic heterocycles. The fourth-order valence-corrected chi connectivity index (χ4v) is 11.4. The van der Waals surface area contributed by atoms with E-state index in [9.17, 15) is 24.8 Å². The van der Waals surface area contributed by atoms with Crippen LogP contribution >= 0.6 is 0 Å². The number of morpholine rings is 2. The molecule has 1 spiro atoms.